The summed E-state index contributed by atoms with van der Waals surface area (Å²) in [6, 6.07) is 3.68. The molecule has 0 bridgehead atoms. The molecule has 0 spiro atoms. The molecule has 2 aromatic carbocycles. The van der Waals surface area contributed by atoms with Gasteiger partial charge in [-0.05, 0) is 43.2 Å². The molecule has 0 aliphatic rings. The second kappa shape index (κ2) is 16.6. The highest BCUT2D eigenvalue weighted by Crippen LogP contribution is 2.12. The Balaban J connectivity index is 0.000000457. The Labute approximate surface area is 222 Å². The van der Waals surface area contributed by atoms with Crippen LogP contribution in [0.4, 0.5) is 23.2 Å². The van der Waals surface area contributed by atoms with Gasteiger partial charge in [0, 0.05) is 17.8 Å². The number of esters is 1. The Bertz CT molecular complexity index is 1110. The first kappa shape index (κ1) is 32.9. The number of anilines is 1. The van der Waals surface area contributed by atoms with Crippen LogP contribution in [0.3, 0.4) is 0 Å². The SMILES string of the molecule is CCCCC(NC(=O)C(C)NC(=O)Cc1cc(F)cc(F)c1)C(=O)O.COC(=O)CNc1cc(F)cc(F)c1. The van der Waals surface area contributed by atoms with Crippen LogP contribution >= 0.6 is 0 Å². The Kier molecular flexibility index (Phi) is 14.0. The van der Waals surface area contributed by atoms with Crippen molar-refractivity contribution in [1.29, 1.82) is 0 Å². The number of aliphatic carboxylic acids is 1. The molecule has 0 radical (unpaired) electrons. The van der Waals surface area contributed by atoms with Crippen molar-refractivity contribution in [2.75, 3.05) is 19.0 Å². The number of carboxylic acids is 1. The van der Waals surface area contributed by atoms with Gasteiger partial charge in [-0.1, -0.05) is 19.8 Å². The van der Waals surface area contributed by atoms with Crippen LogP contribution in [-0.2, 0) is 30.3 Å². The van der Waals surface area contributed by atoms with E-state index in [1.807, 2.05) is 6.92 Å². The largest absolute Gasteiger partial charge is 0.480 e. The molecule has 0 saturated heterocycles. The first-order valence-electron chi connectivity index (χ1n) is 11.9. The number of hydrogen-bond acceptors (Lipinski definition) is 6. The smallest absolute Gasteiger partial charge is 0.326 e. The average Bonchev–Trinajstić information content (AvgIpc) is 2.83. The van der Waals surface area contributed by atoms with E-state index in [0.717, 1.165) is 36.8 Å². The summed E-state index contributed by atoms with van der Waals surface area (Å²) >= 11 is 0. The van der Waals surface area contributed by atoms with E-state index < -0.39 is 59.1 Å². The van der Waals surface area contributed by atoms with E-state index >= 15 is 0 Å². The fourth-order valence-corrected chi connectivity index (χ4v) is 3.12. The molecule has 0 heterocycles. The lowest BCUT2D eigenvalue weighted by Gasteiger charge is -2.18. The van der Waals surface area contributed by atoms with Crippen molar-refractivity contribution in [3.63, 3.8) is 0 Å². The molecule has 214 valence electrons. The first-order chi connectivity index (χ1) is 18.3. The van der Waals surface area contributed by atoms with Crippen molar-refractivity contribution in [1.82, 2.24) is 10.6 Å². The van der Waals surface area contributed by atoms with Crippen molar-refractivity contribution < 1.29 is 46.6 Å². The molecule has 0 fully saturated rings. The average molecular weight is 558 g/mol. The van der Waals surface area contributed by atoms with E-state index in [1.165, 1.54) is 14.0 Å². The molecule has 39 heavy (non-hydrogen) atoms. The summed E-state index contributed by atoms with van der Waals surface area (Å²) in [6.07, 6.45) is 1.42. The Morgan fingerprint density at radius 3 is 1.92 bits per heavy atom. The van der Waals surface area contributed by atoms with Crippen LogP contribution in [0, 0.1) is 23.3 Å². The normalized spacial score (nSPS) is 11.8. The summed E-state index contributed by atoms with van der Waals surface area (Å²) in [5.74, 6) is -5.88. The second-order valence-corrected chi connectivity index (χ2v) is 8.37. The van der Waals surface area contributed by atoms with Crippen LogP contribution in [0.15, 0.2) is 36.4 Å². The lowest BCUT2D eigenvalue weighted by Crippen LogP contribution is -2.50. The molecule has 2 amide bonds. The zero-order chi connectivity index (χ0) is 29.5. The van der Waals surface area contributed by atoms with Gasteiger partial charge < -0.3 is 25.8 Å². The van der Waals surface area contributed by atoms with Crippen LogP contribution < -0.4 is 16.0 Å². The molecule has 9 nitrogen and oxygen atoms in total. The third-order valence-electron chi connectivity index (χ3n) is 5.05. The molecule has 0 saturated carbocycles. The van der Waals surface area contributed by atoms with Crippen LogP contribution in [0.5, 0.6) is 0 Å². The predicted molar refractivity (Wildman–Crippen MR) is 134 cm³/mol. The third kappa shape index (κ3) is 13.3. The van der Waals surface area contributed by atoms with Gasteiger partial charge in [0.2, 0.25) is 11.8 Å². The number of halogens is 4. The highest BCUT2D eigenvalue weighted by Gasteiger charge is 2.23. The van der Waals surface area contributed by atoms with E-state index in [-0.39, 0.29) is 24.2 Å². The molecule has 0 aromatic heterocycles. The number of carbonyl (C=O) groups excluding carboxylic acids is 3. The summed E-state index contributed by atoms with van der Waals surface area (Å²) < 4.78 is 55.8. The van der Waals surface area contributed by atoms with Crippen LogP contribution in [0.2, 0.25) is 0 Å². The highest BCUT2D eigenvalue weighted by molar-refractivity contribution is 5.90. The molecular formula is C26H31F4N3O6. The summed E-state index contributed by atoms with van der Waals surface area (Å²) in [4.78, 5) is 45.7. The number of hydrogen-bond donors (Lipinski definition) is 4. The van der Waals surface area contributed by atoms with E-state index in [0.29, 0.717) is 18.9 Å². The number of rotatable bonds is 12. The van der Waals surface area contributed by atoms with Gasteiger partial charge in [0.1, 0.15) is 41.9 Å². The number of methoxy groups -OCH3 is 1. The van der Waals surface area contributed by atoms with Gasteiger partial charge in [-0.15, -0.1) is 0 Å². The van der Waals surface area contributed by atoms with Gasteiger partial charge in [0.05, 0.1) is 13.5 Å². The van der Waals surface area contributed by atoms with Crippen molar-refractivity contribution >= 4 is 29.4 Å². The van der Waals surface area contributed by atoms with Gasteiger partial charge in [0.15, 0.2) is 0 Å². The minimum absolute atomic E-state index is 0.126. The number of ether oxygens (including phenoxy) is 1. The number of carbonyl (C=O) groups is 4. The highest BCUT2D eigenvalue weighted by atomic mass is 19.1. The zero-order valence-electron chi connectivity index (χ0n) is 21.7. The van der Waals surface area contributed by atoms with E-state index in [4.69, 9.17) is 5.11 Å². The number of benzene rings is 2. The maximum absolute atomic E-state index is 13.1. The fourth-order valence-electron chi connectivity index (χ4n) is 3.12. The molecule has 2 atom stereocenters. The maximum atomic E-state index is 13.1. The van der Waals surface area contributed by atoms with Crippen LogP contribution in [0.25, 0.3) is 0 Å². The summed E-state index contributed by atoms with van der Waals surface area (Å²) in [5.41, 5.74) is 0.335. The van der Waals surface area contributed by atoms with Gasteiger partial charge in [0.25, 0.3) is 0 Å². The molecule has 2 rings (SSSR count). The van der Waals surface area contributed by atoms with Crippen molar-refractivity contribution in [3.8, 4) is 0 Å². The summed E-state index contributed by atoms with van der Waals surface area (Å²) in [6.45, 7) is 3.18. The molecule has 4 N–H and O–H groups in total. The second-order valence-electron chi connectivity index (χ2n) is 8.37. The molecule has 2 unspecified atom stereocenters. The minimum Gasteiger partial charge on any atom is -0.480 e. The number of unbranched alkanes of at least 4 members (excludes halogenated alkanes) is 1. The Morgan fingerprint density at radius 2 is 1.44 bits per heavy atom. The van der Waals surface area contributed by atoms with Crippen LogP contribution in [-0.4, -0.2) is 54.6 Å². The van der Waals surface area contributed by atoms with E-state index in [9.17, 15) is 36.7 Å². The number of carboxylic acid groups (broad SMARTS) is 1. The standard InChI is InChI=1S/C17H22F2N2O4.C9H9F2NO2/c1-3-4-5-14(17(24)25)21-16(23)10(2)20-15(22)8-11-6-12(18)9-13(19)7-11;1-14-9(13)5-12-8-3-6(10)2-7(11)4-8/h6-7,9-10,14H,3-5,8H2,1-2H3,(H,20,22)(H,21,23)(H,24,25);2-4,12H,5H2,1H3. The maximum Gasteiger partial charge on any atom is 0.326 e. The van der Waals surface area contributed by atoms with Crippen molar-refractivity contribution in [3.05, 3.63) is 65.2 Å². The molecular weight excluding hydrogens is 526 g/mol. The number of nitrogens with one attached hydrogen (secondary N) is 3. The number of amides is 2. The third-order valence-corrected chi connectivity index (χ3v) is 5.05. The van der Waals surface area contributed by atoms with Crippen molar-refractivity contribution in [2.45, 2.75) is 51.6 Å². The molecule has 2 aromatic rings. The molecule has 0 aliphatic heterocycles. The minimum atomic E-state index is -1.14. The van der Waals surface area contributed by atoms with Gasteiger partial charge >= 0.3 is 11.9 Å². The molecule has 13 heteroatoms. The Hall–Kier alpha value is -4.16. The van der Waals surface area contributed by atoms with Gasteiger partial charge in [-0.25, -0.2) is 22.4 Å². The molecule has 0 aliphatic carbocycles. The first-order valence-corrected chi connectivity index (χ1v) is 11.9. The fraction of sp³-hybridized carbons (Fsp3) is 0.385. The van der Waals surface area contributed by atoms with E-state index in [2.05, 4.69) is 20.7 Å². The topological polar surface area (TPSA) is 134 Å². The zero-order valence-corrected chi connectivity index (χ0v) is 21.7. The van der Waals surface area contributed by atoms with E-state index in [1.54, 1.807) is 0 Å². The van der Waals surface area contributed by atoms with Crippen molar-refractivity contribution in [2.24, 2.45) is 0 Å². The van der Waals surface area contributed by atoms with Crippen LogP contribution in [0.1, 0.15) is 38.7 Å². The monoisotopic (exact) mass is 557 g/mol. The lowest BCUT2D eigenvalue weighted by molar-refractivity contribution is -0.142. The van der Waals surface area contributed by atoms with Gasteiger partial charge in [-0.3, -0.25) is 14.4 Å². The lowest BCUT2D eigenvalue weighted by atomic mass is 10.1. The van der Waals surface area contributed by atoms with Gasteiger partial charge in [-0.2, -0.15) is 0 Å². The quantitative estimate of drug-likeness (QED) is 0.232. The summed E-state index contributed by atoms with van der Waals surface area (Å²) in [7, 11) is 1.23. The summed E-state index contributed by atoms with van der Waals surface area (Å²) in [5, 5.41) is 16.4. The Morgan fingerprint density at radius 1 is 0.897 bits per heavy atom. The predicted octanol–water partition coefficient (Wildman–Crippen LogP) is 3.32.